The van der Waals surface area contributed by atoms with Gasteiger partial charge in [-0.3, -0.25) is 0 Å². The van der Waals surface area contributed by atoms with E-state index >= 15 is 0 Å². The van der Waals surface area contributed by atoms with Gasteiger partial charge in [0, 0.05) is 11.4 Å². The van der Waals surface area contributed by atoms with Crippen LogP contribution < -0.4 is 0 Å². The lowest BCUT2D eigenvalue weighted by atomic mass is 9.91. The second-order valence-electron chi connectivity index (χ2n) is 4.95. The molecule has 0 bridgehead atoms. The lowest BCUT2D eigenvalue weighted by molar-refractivity contribution is 0.0455. The van der Waals surface area contributed by atoms with Crippen LogP contribution in [0.3, 0.4) is 0 Å². The van der Waals surface area contributed by atoms with Crippen molar-refractivity contribution in [2.75, 3.05) is 0 Å². The Hall–Kier alpha value is -0.530. The molecule has 1 nitrogen and oxygen atoms in total. The van der Waals surface area contributed by atoms with Crippen LogP contribution in [0.15, 0.2) is 24.3 Å². The third-order valence-electron chi connectivity index (χ3n) is 2.92. The van der Waals surface area contributed by atoms with Gasteiger partial charge in [0.1, 0.15) is 0 Å². The van der Waals surface area contributed by atoms with Crippen molar-refractivity contribution >= 4 is 11.6 Å². The van der Waals surface area contributed by atoms with E-state index in [1.54, 1.807) is 0 Å². The first-order valence-corrected chi connectivity index (χ1v) is 5.90. The fourth-order valence-electron chi connectivity index (χ4n) is 2.06. The van der Waals surface area contributed by atoms with Crippen LogP contribution in [0, 0.1) is 5.92 Å². The van der Waals surface area contributed by atoms with Gasteiger partial charge in [-0.05, 0) is 37.0 Å². The first kappa shape index (κ1) is 11.0. The molecule has 15 heavy (non-hydrogen) atoms. The van der Waals surface area contributed by atoms with Gasteiger partial charge < -0.3 is 5.11 Å². The van der Waals surface area contributed by atoms with Gasteiger partial charge in [-0.2, -0.15) is 0 Å². The summed E-state index contributed by atoms with van der Waals surface area (Å²) in [6, 6.07) is 7.74. The summed E-state index contributed by atoms with van der Waals surface area (Å²) in [5, 5.41) is 11.0. The third-order valence-corrected chi connectivity index (χ3v) is 3.18. The van der Waals surface area contributed by atoms with Crippen molar-refractivity contribution in [3.8, 4) is 0 Å². The van der Waals surface area contributed by atoms with Crippen molar-refractivity contribution in [1.82, 2.24) is 0 Å². The number of hydrogen-bond donors (Lipinski definition) is 1. The number of benzene rings is 1. The molecule has 1 N–H and O–H groups in total. The quantitative estimate of drug-likeness (QED) is 0.831. The summed E-state index contributed by atoms with van der Waals surface area (Å²) in [7, 11) is 0. The molecule has 0 amide bonds. The lowest BCUT2D eigenvalue weighted by Crippen LogP contribution is -2.27. The SMILES string of the molecule is CC(O)(Cc1ccc(Cl)cc1)CC1CC1. The molecule has 2 heteroatoms. The predicted octanol–water partition coefficient (Wildman–Crippen LogP) is 3.43. The van der Waals surface area contributed by atoms with Crippen LogP contribution in [0.2, 0.25) is 5.02 Å². The highest BCUT2D eigenvalue weighted by Crippen LogP contribution is 2.37. The topological polar surface area (TPSA) is 20.2 Å². The van der Waals surface area contributed by atoms with E-state index in [-0.39, 0.29) is 0 Å². The van der Waals surface area contributed by atoms with Gasteiger partial charge in [-0.15, -0.1) is 0 Å². The van der Waals surface area contributed by atoms with Crippen LogP contribution in [-0.2, 0) is 6.42 Å². The normalized spacial score (nSPS) is 19.9. The molecule has 1 aromatic carbocycles. The molecule has 2 rings (SSSR count). The van der Waals surface area contributed by atoms with Crippen molar-refractivity contribution in [3.63, 3.8) is 0 Å². The van der Waals surface area contributed by atoms with Gasteiger partial charge in [0.2, 0.25) is 0 Å². The van der Waals surface area contributed by atoms with Crippen LogP contribution in [0.25, 0.3) is 0 Å². The van der Waals surface area contributed by atoms with Crippen LogP contribution in [0.4, 0.5) is 0 Å². The molecular weight excluding hydrogens is 208 g/mol. The zero-order chi connectivity index (χ0) is 10.9. The number of rotatable bonds is 4. The largest absolute Gasteiger partial charge is 0.390 e. The fraction of sp³-hybridized carbons (Fsp3) is 0.538. The fourth-order valence-corrected chi connectivity index (χ4v) is 2.18. The summed E-state index contributed by atoms with van der Waals surface area (Å²) >= 11 is 5.81. The van der Waals surface area contributed by atoms with Crippen LogP contribution in [0.5, 0.6) is 0 Å². The molecule has 1 aliphatic carbocycles. The first-order valence-electron chi connectivity index (χ1n) is 5.52. The van der Waals surface area contributed by atoms with E-state index in [4.69, 9.17) is 11.6 Å². The van der Waals surface area contributed by atoms with Gasteiger partial charge in [0.25, 0.3) is 0 Å². The van der Waals surface area contributed by atoms with Gasteiger partial charge in [-0.1, -0.05) is 36.6 Å². The van der Waals surface area contributed by atoms with E-state index in [0.717, 1.165) is 29.3 Å². The molecular formula is C13H17ClO. The number of hydrogen-bond acceptors (Lipinski definition) is 1. The van der Waals surface area contributed by atoms with Crippen LogP contribution >= 0.6 is 11.6 Å². The zero-order valence-electron chi connectivity index (χ0n) is 9.04. The summed E-state index contributed by atoms with van der Waals surface area (Å²) in [5.41, 5.74) is 0.597. The van der Waals surface area contributed by atoms with Gasteiger partial charge in [-0.25, -0.2) is 0 Å². The minimum Gasteiger partial charge on any atom is -0.390 e. The van der Waals surface area contributed by atoms with Crippen LogP contribution in [-0.4, -0.2) is 10.7 Å². The Morgan fingerprint density at radius 3 is 2.47 bits per heavy atom. The minimum atomic E-state index is -0.561. The lowest BCUT2D eigenvalue weighted by Gasteiger charge is -2.23. The predicted molar refractivity (Wildman–Crippen MR) is 63.1 cm³/mol. The first-order chi connectivity index (χ1) is 7.05. The zero-order valence-corrected chi connectivity index (χ0v) is 9.80. The summed E-state index contributed by atoms with van der Waals surface area (Å²) in [4.78, 5) is 0. The van der Waals surface area contributed by atoms with E-state index in [2.05, 4.69) is 0 Å². The van der Waals surface area contributed by atoms with E-state index < -0.39 is 5.60 Å². The van der Waals surface area contributed by atoms with Gasteiger partial charge in [0.15, 0.2) is 0 Å². The van der Waals surface area contributed by atoms with Crippen molar-refractivity contribution in [2.45, 2.75) is 38.2 Å². The summed E-state index contributed by atoms with van der Waals surface area (Å²) < 4.78 is 0. The molecule has 1 saturated carbocycles. The molecule has 0 saturated heterocycles. The van der Waals surface area contributed by atoms with E-state index in [1.165, 1.54) is 12.8 Å². The Kier molecular flexibility index (Phi) is 3.03. The molecule has 1 fully saturated rings. The molecule has 0 radical (unpaired) electrons. The summed E-state index contributed by atoms with van der Waals surface area (Å²) in [6.45, 7) is 1.93. The molecule has 1 unspecified atom stereocenters. The van der Waals surface area contributed by atoms with E-state index in [0.29, 0.717) is 0 Å². The average molecular weight is 225 g/mol. The average Bonchev–Trinajstić information content (AvgIpc) is 2.91. The highest BCUT2D eigenvalue weighted by molar-refractivity contribution is 6.30. The molecule has 0 spiro atoms. The third kappa shape index (κ3) is 3.51. The standard InChI is InChI=1S/C13H17ClO/c1-13(15,8-10-2-3-10)9-11-4-6-12(14)7-5-11/h4-7,10,15H,2-3,8-9H2,1H3. The van der Waals surface area contributed by atoms with Crippen molar-refractivity contribution < 1.29 is 5.11 Å². The Morgan fingerprint density at radius 2 is 1.93 bits per heavy atom. The monoisotopic (exact) mass is 224 g/mol. The maximum atomic E-state index is 10.2. The van der Waals surface area contributed by atoms with E-state index in [9.17, 15) is 5.11 Å². The van der Waals surface area contributed by atoms with Crippen LogP contribution in [0.1, 0.15) is 31.7 Å². The van der Waals surface area contributed by atoms with Gasteiger partial charge >= 0.3 is 0 Å². The van der Waals surface area contributed by atoms with Gasteiger partial charge in [0.05, 0.1) is 5.60 Å². The number of aliphatic hydroxyl groups is 1. The van der Waals surface area contributed by atoms with Crippen molar-refractivity contribution in [1.29, 1.82) is 0 Å². The summed E-state index contributed by atoms with van der Waals surface area (Å²) in [5.74, 6) is 0.757. The van der Waals surface area contributed by atoms with Crippen molar-refractivity contribution in [3.05, 3.63) is 34.9 Å². The number of halogens is 1. The Bertz CT molecular complexity index is 325. The molecule has 1 atom stereocenters. The molecule has 0 aliphatic heterocycles. The maximum absolute atomic E-state index is 10.2. The Morgan fingerprint density at radius 1 is 1.33 bits per heavy atom. The molecule has 0 heterocycles. The summed E-state index contributed by atoms with van der Waals surface area (Å²) in [6.07, 6.45) is 4.23. The molecule has 0 aromatic heterocycles. The molecule has 82 valence electrons. The highest BCUT2D eigenvalue weighted by atomic mass is 35.5. The molecule has 1 aliphatic rings. The Balaban J connectivity index is 1.96. The molecule has 1 aromatic rings. The maximum Gasteiger partial charge on any atom is 0.0662 e. The second-order valence-corrected chi connectivity index (χ2v) is 5.38. The highest BCUT2D eigenvalue weighted by Gasteiger charge is 2.31. The minimum absolute atomic E-state index is 0.561. The Labute approximate surface area is 96.1 Å². The van der Waals surface area contributed by atoms with E-state index in [1.807, 2.05) is 31.2 Å². The smallest absolute Gasteiger partial charge is 0.0662 e. The van der Waals surface area contributed by atoms with Crippen molar-refractivity contribution in [2.24, 2.45) is 5.92 Å². The second kappa shape index (κ2) is 4.15.